The Bertz CT molecular complexity index is 368. The summed E-state index contributed by atoms with van der Waals surface area (Å²) >= 11 is 0. The second-order valence-electron chi connectivity index (χ2n) is 4.49. The molecule has 0 aliphatic heterocycles. The van der Waals surface area contributed by atoms with Gasteiger partial charge in [-0.1, -0.05) is 18.6 Å². The fourth-order valence-corrected chi connectivity index (χ4v) is 1.92. The highest BCUT2D eigenvalue weighted by Crippen LogP contribution is 2.28. The summed E-state index contributed by atoms with van der Waals surface area (Å²) in [7, 11) is 1.84. The largest absolute Gasteiger partial charge is 0.508 e. The third-order valence-corrected chi connectivity index (χ3v) is 3.19. The van der Waals surface area contributed by atoms with Gasteiger partial charge in [-0.2, -0.15) is 0 Å². The number of aromatic hydroxyl groups is 1. The van der Waals surface area contributed by atoms with Crippen molar-refractivity contribution in [3.05, 3.63) is 29.8 Å². The van der Waals surface area contributed by atoms with Crippen LogP contribution in [0.5, 0.6) is 5.75 Å². The zero-order valence-corrected chi connectivity index (χ0v) is 9.52. The van der Waals surface area contributed by atoms with Crippen LogP contribution in [0.3, 0.4) is 0 Å². The highest BCUT2D eigenvalue weighted by molar-refractivity contribution is 5.79. The van der Waals surface area contributed by atoms with Gasteiger partial charge in [0.2, 0.25) is 5.91 Å². The fourth-order valence-electron chi connectivity index (χ4n) is 1.92. The smallest absolute Gasteiger partial charge is 0.225 e. The number of carbonyl (C=O) groups is 1. The molecule has 0 atom stereocenters. The van der Waals surface area contributed by atoms with E-state index in [1.807, 2.05) is 19.2 Å². The molecule has 1 saturated carbocycles. The summed E-state index contributed by atoms with van der Waals surface area (Å²) in [4.78, 5) is 13.6. The van der Waals surface area contributed by atoms with Crippen LogP contribution in [0.2, 0.25) is 0 Å². The number of hydrogen-bond acceptors (Lipinski definition) is 2. The highest BCUT2D eigenvalue weighted by Gasteiger charge is 2.27. The maximum absolute atomic E-state index is 11.9. The number of phenolic OH excluding ortho intramolecular Hbond substituents is 1. The van der Waals surface area contributed by atoms with E-state index in [4.69, 9.17) is 5.11 Å². The monoisotopic (exact) mass is 219 g/mol. The van der Waals surface area contributed by atoms with Crippen molar-refractivity contribution in [3.8, 4) is 5.75 Å². The average molecular weight is 219 g/mol. The quantitative estimate of drug-likeness (QED) is 0.846. The van der Waals surface area contributed by atoms with E-state index >= 15 is 0 Å². The number of hydrogen-bond donors (Lipinski definition) is 1. The van der Waals surface area contributed by atoms with E-state index < -0.39 is 0 Å². The molecule has 0 spiro atoms. The number of carbonyl (C=O) groups excluding carboxylic acids is 1. The molecule has 1 N–H and O–H groups in total. The van der Waals surface area contributed by atoms with Crippen LogP contribution in [-0.4, -0.2) is 23.0 Å². The molecule has 0 bridgehead atoms. The maximum Gasteiger partial charge on any atom is 0.225 e. The predicted molar refractivity (Wildman–Crippen MR) is 61.9 cm³/mol. The van der Waals surface area contributed by atoms with Crippen LogP contribution >= 0.6 is 0 Å². The highest BCUT2D eigenvalue weighted by atomic mass is 16.3. The van der Waals surface area contributed by atoms with Gasteiger partial charge in [0.15, 0.2) is 0 Å². The molecule has 16 heavy (non-hydrogen) atoms. The molecule has 0 heterocycles. The Hall–Kier alpha value is -1.51. The first-order valence-electron chi connectivity index (χ1n) is 5.69. The molecule has 3 nitrogen and oxygen atoms in total. The molecule has 0 aromatic heterocycles. The van der Waals surface area contributed by atoms with Crippen molar-refractivity contribution in [3.63, 3.8) is 0 Å². The van der Waals surface area contributed by atoms with Crippen molar-refractivity contribution in [1.29, 1.82) is 0 Å². The number of nitrogens with zero attached hydrogens (tertiary/aromatic N) is 1. The molecule has 0 saturated heterocycles. The molecule has 1 aromatic carbocycles. The summed E-state index contributed by atoms with van der Waals surface area (Å²) in [6, 6.07) is 6.99. The molecular formula is C13H17NO2. The summed E-state index contributed by atoms with van der Waals surface area (Å²) in [5.41, 5.74) is 1.05. The Morgan fingerprint density at radius 3 is 2.50 bits per heavy atom. The number of benzene rings is 1. The molecule has 86 valence electrons. The van der Waals surface area contributed by atoms with Gasteiger partial charge in [0.25, 0.3) is 0 Å². The van der Waals surface area contributed by atoms with E-state index in [0.29, 0.717) is 6.54 Å². The summed E-state index contributed by atoms with van der Waals surface area (Å²) in [5, 5.41) is 9.15. The van der Waals surface area contributed by atoms with Crippen molar-refractivity contribution in [2.24, 2.45) is 5.92 Å². The predicted octanol–water partition coefficient (Wildman–Crippen LogP) is 2.15. The van der Waals surface area contributed by atoms with Crippen LogP contribution < -0.4 is 0 Å². The molecule has 1 fully saturated rings. The summed E-state index contributed by atoms with van der Waals surface area (Å²) < 4.78 is 0. The lowest BCUT2D eigenvalue weighted by Gasteiger charge is -2.29. The number of phenols is 1. The molecule has 1 aliphatic rings. The minimum absolute atomic E-state index is 0.249. The van der Waals surface area contributed by atoms with Gasteiger partial charge < -0.3 is 10.0 Å². The molecule has 1 aliphatic carbocycles. The maximum atomic E-state index is 11.9. The third-order valence-electron chi connectivity index (χ3n) is 3.19. The zero-order valence-electron chi connectivity index (χ0n) is 9.52. The Morgan fingerprint density at radius 1 is 1.38 bits per heavy atom. The number of rotatable bonds is 3. The molecule has 1 aromatic rings. The van der Waals surface area contributed by atoms with Crippen LogP contribution in [0.1, 0.15) is 24.8 Å². The third kappa shape index (κ3) is 2.35. The molecule has 0 unspecified atom stereocenters. The van der Waals surface area contributed by atoms with Gasteiger partial charge in [-0.3, -0.25) is 4.79 Å². The topological polar surface area (TPSA) is 40.5 Å². The minimum Gasteiger partial charge on any atom is -0.508 e. The molecule has 1 amide bonds. The first kappa shape index (κ1) is 11.0. The van der Waals surface area contributed by atoms with Crippen molar-refractivity contribution in [1.82, 2.24) is 4.90 Å². The lowest BCUT2D eigenvalue weighted by atomic mass is 9.84. The first-order chi connectivity index (χ1) is 7.66. The first-order valence-corrected chi connectivity index (χ1v) is 5.69. The van der Waals surface area contributed by atoms with E-state index in [1.165, 1.54) is 6.42 Å². The Balaban J connectivity index is 1.93. The zero-order chi connectivity index (χ0) is 11.5. The van der Waals surface area contributed by atoms with E-state index in [0.717, 1.165) is 18.4 Å². The second kappa shape index (κ2) is 4.56. The molecular weight excluding hydrogens is 202 g/mol. The van der Waals surface area contributed by atoms with Gasteiger partial charge in [-0.25, -0.2) is 0 Å². The van der Waals surface area contributed by atoms with E-state index in [9.17, 15) is 4.79 Å². The molecule has 3 heteroatoms. The van der Waals surface area contributed by atoms with Gasteiger partial charge in [0, 0.05) is 19.5 Å². The Labute approximate surface area is 95.7 Å². The van der Waals surface area contributed by atoms with E-state index in [-0.39, 0.29) is 17.6 Å². The summed E-state index contributed by atoms with van der Waals surface area (Å²) in [6.07, 6.45) is 3.26. The average Bonchev–Trinajstić information content (AvgIpc) is 2.19. The van der Waals surface area contributed by atoms with Crippen LogP contribution in [0.25, 0.3) is 0 Å². The molecule has 2 rings (SSSR count). The van der Waals surface area contributed by atoms with E-state index in [1.54, 1.807) is 17.0 Å². The van der Waals surface area contributed by atoms with Gasteiger partial charge >= 0.3 is 0 Å². The SMILES string of the molecule is CN(Cc1ccc(O)cc1)C(=O)C1CCC1. The van der Waals surface area contributed by atoms with Gasteiger partial charge in [-0.05, 0) is 30.5 Å². The van der Waals surface area contributed by atoms with Gasteiger partial charge in [0.1, 0.15) is 5.75 Å². The second-order valence-corrected chi connectivity index (χ2v) is 4.49. The van der Waals surface area contributed by atoms with Crippen LogP contribution in [0.15, 0.2) is 24.3 Å². The molecule has 0 radical (unpaired) electrons. The lowest BCUT2D eigenvalue weighted by Crippen LogP contribution is -2.35. The minimum atomic E-state index is 0.249. The van der Waals surface area contributed by atoms with Gasteiger partial charge in [0.05, 0.1) is 0 Å². The van der Waals surface area contributed by atoms with Gasteiger partial charge in [-0.15, -0.1) is 0 Å². The van der Waals surface area contributed by atoms with Crippen molar-refractivity contribution >= 4 is 5.91 Å². The van der Waals surface area contributed by atoms with Crippen molar-refractivity contribution in [2.75, 3.05) is 7.05 Å². The Kier molecular flexibility index (Phi) is 3.13. The number of amides is 1. The fraction of sp³-hybridized carbons (Fsp3) is 0.462. The lowest BCUT2D eigenvalue weighted by molar-refractivity contribution is -0.137. The normalized spacial score (nSPS) is 15.6. The van der Waals surface area contributed by atoms with E-state index in [2.05, 4.69) is 0 Å². The van der Waals surface area contributed by atoms with Crippen LogP contribution in [0, 0.1) is 5.92 Å². The summed E-state index contributed by atoms with van der Waals surface area (Å²) in [5.74, 6) is 0.762. The van der Waals surface area contributed by atoms with Crippen LogP contribution in [-0.2, 0) is 11.3 Å². The van der Waals surface area contributed by atoms with Crippen LogP contribution in [0.4, 0.5) is 0 Å². The summed E-state index contributed by atoms with van der Waals surface area (Å²) in [6.45, 7) is 0.621. The van der Waals surface area contributed by atoms with Crippen molar-refractivity contribution < 1.29 is 9.90 Å². The standard InChI is InChI=1S/C13H17NO2/c1-14(13(16)11-3-2-4-11)9-10-5-7-12(15)8-6-10/h5-8,11,15H,2-4,9H2,1H3. The Morgan fingerprint density at radius 2 is 2.00 bits per heavy atom. The van der Waals surface area contributed by atoms with Crippen molar-refractivity contribution in [2.45, 2.75) is 25.8 Å².